The standard InChI is InChI=1S/C16H14N2O6/c1-10-8-11(16(20)21)2-7-14(10)17-15(19)9-24-13-5-3-12(4-6-13)18(22)23/h2-8H,9H2,1H3,(H,17,19)(H,20,21). The zero-order chi connectivity index (χ0) is 17.7. The molecule has 0 aliphatic heterocycles. The topological polar surface area (TPSA) is 119 Å². The summed E-state index contributed by atoms with van der Waals surface area (Å²) in [5.41, 5.74) is 1.16. The zero-order valence-corrected chi connectivity index (χ0v) is 12.7. The van der Waals surface area contributed by atoms with Crippen LogP contribution in [0.1, 0.15) is 15.9 Å². The van der Waals surface area contributed by atoms with Crippen LogP contribution in [0.4, 0.5) is 11.4 Å². The fourth-order valence-corrected chi connectivity index (χ4v) is 1.94. The van der Waals surface area contributed by atoms with Crippen LogP contribution in [0.2, 0.25) is 0 Å². The summed E-state index contributed by atoms with van der Waals surface area (Å²) in [6.07, 6.45) is 0. The summed E-state index contributed by atoms with van der Waals surface area (Å²) in [5.74, 6) is -1.15. The number of non-ortho nitro benzene ring substituents is 1. The van der Waals surface area contributed by atoms with Gasteiger partial charge in [0.05, 0.1) is 10.5 Å². The minimum atomic E-state index is -1.04. The van der Waals surface area contributed by atoms with Crippen LogP contribution in [-0.4, -0.2) is 28.5 Å². The van der Waals surface area contributed by atoms with Gasteiger partial charge in [0, 0.05) is 17.8 Å². The third-order valence-corrected chi connectivity index (χ3v) is 3.16. The SMILES string of the molecule is Cc1cc(C(=O)O)ccc1NC(=O)COc1ccc([N+](=O)[O-])cc1. The predicted molar refractivity (Wildman–Crippen MR) is 85.4 cm³/mol. The molecule has 0 aliphatic rings. The maximum absolute atomic E-state index is 11.9. The highest BCUT2D eigenvalue weighted by molar-refractivity contribution is 5.94. The van der Waals surface area contributed by atoms with Gasteiger partial charge in [-0.05, 0) is 42.8 Å². The number of carbonyl (C=O) groups is 2. The van der Waals surface area contributed by atoms with Gasteiger partial charge in [0.2, 0.25) is 0 Å². The summed E-state index contributed by atoms with van der Waals surface area (Å²) >= 11 is 0. The van der Waals surface area contributed by atoms with Gasteiger partial charge in [-0.2, -0.15) is 0 Å². The molecular weight excluding hydrogens is 316 g/mol. The van der Waals surface area contributed by atoms with Gasteiger partial charge in [-0.1, -0.05) is 0 Å². The number of rotatable bonds is 6. The monoisotopic (exact) mass is 330 g/mol. The second-order valence-corrected chi connectivity index (χ2v) is 4.92. The van der Waals surface area contributed by atoms with Gasteiger partial charge < -0.3 is 15.2 Å². The van der Waals surface area contributed by atoms with Crippen LogP contribution in [0.15, 0.2) is 42.5 Å². The van der Waals surface area contributed by atoms with E-state index in [4.69, 9.17) is 9.84 Å². The Morgan fingerprint density at radius 1 is 1.21 bits per heavy atom. The molecule has 0 unspecified atom stereocenters. The van der Waals surface area contributed by atoms with Crippen molar-refractivity contribution in [3.05, 3.63) is 63.7 Å². The van der Waals surface area contributed by atoms with E-state index in [9.17, 15) is 19.7 Å². The van der Waals surface area contributed by atoms with Crippen LogP contribution >= 0.6 is 0 Å². The van der Waals surface area contributed by atoms with Crippen molar-refractivity contribution in [2.24, 2.45) is 0 Å². The van der Waals surface area contributed by atoms with E-state index in [1.54, 1.807) is 6.92 Å². The quantitative estimate of drug-likeness (QED) is 0.621. The molecule has 2 aromatic carbocycles. The Labute approximate surface area is 136 Å². The number of anilines is 1. The number of nitro groups is 1. The average molecular weight is 330 g/mol. The molecule has 124 valence electrons. The summed E-state index contributed by atoms with van der Waals surface area (Å²) in [6, 6.07) is 9.71. The van der Waals surface area contributed by atoms with E-state index < -0.39 is 16.8 Å². The average Bonchev–Trinajstić information content (AvgIpc) is 2.55. The number of aryl methyl sites for hydroxylation is 1. The van der Waals surface area contributed by atoms with E-state index in [2.05, 4.69) is 5.32 Å². The van der Waals surface area contributed by atoms with Gasteiger partial charge in [0.25, 0.3) is 11.6 Å². The molecule has 0 saturated carbocycles. The van der Waals surface area contributed by atoms with E-state index in [1.165, 1.54) is 42.5 Å². The lowest BCUT2D eigenvalue weighted by molar-refractivity contribution is -0.384. The smallest absolute Gasteiger partial charge is 0.335 e. The van der Waals surface area contributed by atoms with Crippen LogP contribution in [0.3, 0.4) is 0 Å². The number of hydrogen-bond acceptors (Lipinski definition) is 5. The molecule has 8 nitrogen and oxygen atoms in total. The third-order valence-electron chi connectivity index (χ3n) is 3.16. The molecule has 2 aromatic rings. The van der Waals surface area contributed by atoms with E-state index in [-0.39, 0.29) is 17.9 Å². The Kier molecular flexibility index (Phi) is 5.10. The number of benzene rings is 2. The van der Waals surface area contributed by atoms with Crippen molar-refractivity contribution in [1.29, 1.82) is 0 Å². The van der Waals surface area contributed by atoms with Gasteiger partial charge >= 0.3 is 5.97 Å². The van der Waals surface area contributed by atoms with E-state index >= 15 is 0 Å². The number of amides is 1. The van der Waals surface area contributed by atoms with Crippen molar-refractivity contribution in [2.45, 2.75) is 6.92 Å². The summed E-state index contributed by atoms with van der Waals surface area (Å²) in [5, 5.41) is 22.1. The Morgan fingerprint density at radius 3 is 2.42 bits per heavy atom. The van der Waals surface area contributed by atoms with Crippen molar-refractivity contribution in [3.8, 4) is 5.75 Å². The Balaban J connectivity index is 1.93. The second-order valence-electron chi connectivity index (χ2n) is 4.92. The van der Waals surface area contributed by atoms with Gasteiger partial charge in [0.15, 0.2) is 6.61 Å². The summed E-state index contributed by atoms with van der Waals surface area (Å²) in [7, 11) is 0. The number of hydrogen-bond donors (Lipinski definition) is 2. The number of nitrogens with zero attached hydrogens (tertiary/aromatic N) is 1. The first-order valence-corrected chi connectivity index (χ1v) is 6.88. The van der Waals surface area contributed by atoms with Crippen molar-refractivity contribution >= 4 is 23.3 Å². The van der Waals surface area contributed by atoms with Gasteiger partial charge in [0.1, 0.15) is 5.75 Å². The molecule has 0 aliphatic carbocycles. The maximum atomic E-state index is 11.9. The summed E-state index contributed by atoms with van der Waals surface area (Å²) in [6.45, 7) is 1.40. The van der Waals surface area contributed by atoms with Gasteiger partial charge in [-0.3, -0.25) is 14.9 Å². The molecule has 0 bridgehead atoms. The molecule has 0 radical (unpaired) electrons. The second kappa shape index (κ2) is 7.23. The molecule has 1 amide bonds. The minimum Gasteiger partial charge on any atom is -0.484 e. The Bertz CT molecular complexity index is 786. The molecule has 0 fully saturated rings. The van der Waals surface area contributed by atoms with Crippen molar-refractivity contribution in [3.63, 3.8) is 0 Å². The molecule has 0 aromatic heterocycles. The summed E-state index contributed by atoms with van der Waals surface area (Å²) in [4.78, 5) is 32.7. The molecule has 0 spiro atoms. The first kappa shape index (κ1) is 16.9. The van der Waals surface area contributed by atoms with E-state index in [0.29, 0.717) is 17.0 Å². The molecule has 0 saturated heterocycles. The molecule has 2 rings (SSSR count). The Hall–Kier alpha value is -3.42. The maximum Gasteiger partial charge on any atom is 0.335 e. The number of nitro benzene ring substituents is 1. The fraction of sp³-hybridized carbons (Fsp3) is 0.125. The van der Waals surface area contributed by atoms with Crippen molar-refractivity contribution < 1.29 is 24.4 Å². The molecule has 24 heavy (non-hydrogen) atoms. The van der Waals surface area contributed by atoms with Crippen LogP contribution < -0.4 is 10.1 Å². The lowest BCUT2D eigenvalue weighted by Crippen LogP contribution is -2.20. The van der Waals surface area contributed by atoms with E-state index in [0.717, 1.165) is 0 Å². The first-order chi connectivity index (χ1) is 11.4. The van der Waals surface area contributed by atoms with Crippen LogP contribution in [0, 0.1) is 17.0 Å². The van der Waals surface area contributed by atoms with Crippen LogP contribution in [0.5, 0.6) is 5.75 Å². The largest absolute Gasteiger partial charge is 0.484 e. The normalized spacial score (nSPS) is 10.0. The van der Waals surface area contributed by atoms with Crippen LogP contribution in [-0.2, 0) is 4.79 Å². The highest BCUT2D eigenvalue weighted by Crippen LogP contribution is 2.18. The van der Waals surface area contributed by atoms with E-state index in [1.807, 2.05) is 0 Å². The van der Waals surface area contributed by atoms with Gasteiger partial charge in [-0.15, -0.1) is 0 Å². The number of nitrogens with one attached hydrogen (secondary N) is 1. The molecule has 8 heteroatoms. The number of carboxylic acid groups (broad SMARTS) is 1. The fourth-order valence-electron chi connectivity index (χ4n) is 1.94. The molecule has 0 heterocycles. The number of aromatic carboxylic acids is 1. The lowest BCUT2D eigenvalue weighted by atomic mass is 10.1. The molecule has 0 atom stereocenters. The lowest BCUT2D eigenvalue weighted by Gasteiger charge is -2.10. The number of carboxylic acids is 1. The Morgan fingerprint density at radius 2 is 1.88 bits per heavy atom. The number of ether oxygens (including phenoxy) is 1. The number of carbonyl (C=O) groups excluding carboxylic acids is 1. The highest BCUT2D eigenvalue weighted by Gasteiger charge is 2.10. The first-order valence-electron chi connectivity index (χ1n) is 6.88. The van der Waals surface area contributed by atoms with Crippen molar-refractivity contribution in [1.82, 2.24) is 0 Å². The predicted octanol–water partition coefficient (Wildman–Crippen LogP) is 2.62. The summed E-state index contributed by atoms with van der Waals surface area (Å²) < 4.78 is 5.25. The minimum absolute atomic E-state index is 0.0686. The van der Waals surface area contributed by atoms with Crippen LogP contribution in [0.25, 0.3) is 0 Å². The zero-order valence-electron chi connectivity index (χ0n) is 12.7. The molecule has 2 N–H and O–H groups in total. The molecular formula is C16H14N2O6. The highest BCUT2D eigenvalue weighted by atomic mass is 16.6. The third kappa shape index (κ3) is 4.29. The van der Waals surface area contributed by atoms with Crippen molar-refractivity contribution in [2.75, 3.05) is 11.9 Å². The van der Waals surface area contributed by atoms with Gasteiger partial charge in [-0.25, -0.2) is 4.79 Å².